The maximum Gasteiger partial charge on any atom is 0.154 e. The van der Waals surface area contributed by atoms with Gasteiger partial charge in [-0.25, -0.2) is 14.4 Å². The van der Waals surface area contributed by atoms with Gasteiger partial charge in [0.2, 0.25) is 0 Å². The Labute approximate surface area is 132 Å². The highest BCUT2D eigenvalue weighted by molar-refractivity contribution is 5.88. The summed E-state index contributed by atoms with van der Waals surface area (Å²) in [6.45, 7) is 0.750. The number of fused-ring (bicyclic) bond motifs is 1. The van der Waals surface area contributed by atoms with E-state index in [9.17, 15) is 4.39 Å². The number of ether oxygens (including phenoxy) is 2. The summed E-state index contributed by atoms with van der Waals surface area (Å²) in [6, 6.07) is 7.64. The lowest BCUT2D eigenvalue weighted by atomic mass is 10.2. The molecule has 1 aromatic carbocycles. The van der Waals surface area contributed by atoms with Crippen LogP contribution in [0.4, 0.5) is 10.2 Å². The number of aromatic nitrogens is 3. The molecule has 0 spiro atoms. The van der Waals surface area contributed by atoms with Crippen LogP contribution < -0.4 is 10.1 Å². The molecule has 3 rings (SSSR count). The molecule has 0 radical (unpaired) electrons. The Morgan fingerprint density at radius 2 is 1.96 bits per heavy atom. The van der Waals surface area contributed by atoms with E-state index in [1.54, 1.807) is 18.8 Å². The molecule has 0 unspecified atom stereocenters. The molecule has 7 heteroatoms. The lowest BCUT2D eigenvalue weighted by molar-refractivity contribution is 0.134. The number of methoxy groups -OCH3 is 2. The minimum absolute atomic E-state index is 0.232. The third-order valence-corrected chi connectivity index (χ3v) is 3.49. The van der Waals surface area contributed by atoms with Crippen LogP contribution in [-0.2, 0) is 18.0 Å². The fraction of sp³-hybridized carbons (Fsp3) is 0.250. The van der Waals surface area contributed by atoms with Gasteiger partial charge in [-0.05, 0) is 17.7 Å². The van der Waals surface area contributed by atoms with Crippen molar-refractivity contribution in [1.82, 2.24) is 14.5 Å². The van der Waals surface area contributed by atoms with Crippen molar-refractivity contribution in [3.8, 4) is 5.75 Å². The Morgan fingerprint density at radius 3 is 2.65 bits per heavy atom. The molecular formula is C16H17FN4O2. The Morgan fingerprint density at radius 1 is 1.17 bits per heavy atom. The van der Waals surface area contributed by atoms with Crippen LogP contribution in [-0.4, -0.2) is 28.8 Å². The highest BCUT2D eigenvalue weighted by Gasteiger charge is 2.14. The smallest absolute Gasteiger partial charge is 0.154 e. The van der Waals surface area contributed by atoms with Crippen LogP contribution in [0.15, 0.2) is 36.8 Å². The van der Waals surface area contributed by atoms with E-state index in [0.29, 0.717) is 23.4 Å². The van der Waals surface area contributed by atoms with Gasteiger partial charge in [-0.2, -0.15) is 0 Å². The molecule has 0 bridgehead atoms. The number of nitrogens with one attached hydrogen (secondary N) is 1. The zero-order chi connectivity index (χ0) is 16.2. The highest BCUT2D eigenvalue weighted by Crippen LogP contribution is 2.25. The molecule has 2 aromatic heterocycles. The summed E-state index contributed by atoms with van der Waals surface area (Å²) >= 11 is 0. The molecule has 120 valence electrons. The van der Waals surface area contributed by atoms with Crippen molar-refractivity contribution < 1.29 is 13.9 Å². The SMILES string of the molecule is COCn1cc(F)c2c(NCc3ccc(OC)cc3)ncnc21. The molecule has 1 N–H and O–H groups in total. The quantitative estimate of drug-likeness (QED) is 0.758. The van der Waals surface area contributed by atoms with Crippen LogP contribution in [0.25, 0.3) is 11.0 Å². The van der Waals surface area contributed by atoms with E-state index in [1.807, 2.05) is 24.3 Å². The van der Waals surface area contributed by atoms with Gasteiger partial charge in [-0.15, -0.1) is 0 Å². The number of halogens is 1. The van der Waals surface area contributed by atoms with Crippen LogP contribution in [0.5, 0.6) is 5.75 Å². The fourth-order valence-corrected chi connectivity index (χ4v) is 2.38. The van der Waals surface area contributed by atoms with Crippen LogP contribution in [0.1, 0.15) is 5.56 Å². The monoisotopic (exact) mass is 316 g/mol. The first-order chi connectivity index (χ1) is 11.2. The fourth-order valence-electron chi connectivity index (χ4n) is 2.38. The van der Waals surface area contributed by atoms with Crippen molar-refractivity contribution in [3.05, 3.63) is 48.2 Å². The number of nitrogens with zero attached hydrogens (tertiary/aromatic N) is 3. The summed E-state index contributed by atoms with van der Waals surface area (Å²) in [4.78, 5) is 8.28. The van der Waals surface area contributed by atoms with Gasteiger partial charge in [-0.1, -0.05) is 12.1 Å². The van der Waals surface area contributed by atoms with Gasteiger partial charge >= 0.3 is 0 Å². The second-order valence-electron chi connectivity index (χ2n) is 4.99. The number of anilines is 1. The summed E-state index contributed by atoms with van der Waals surface area (Å²) < 4.78 is 26.0. The van der Waals surface area contributed by atoms with Crippen molar-refractivity contribution in [3.63, 3.8) is 0 Å². The molecule has 23 heavy (non-hydrogen) atoms. The van der Waals surface area contributed by atoms with Gasteiger partial charge < -0.3 is 19.4 Å². The maximum atomic E-state index is 14.2. The third-order valence-electron chi connectivity index (χ3n) is 3.49. The molecule has 0 aliphatic carbocycles. The summed E-state index contributed by atoms with van der Waals surface area (Å²) in [6.07, 6.45) is 2.77. The molecule has 0 saturated heterocycles. The van der Waals surface area contributed by atoms with Crippen molar-refractivity contribution in [1.29, 1.82) is 0 Å². The van der Waals surface area contributed by atoms with Gasteiger partial charge in [-0.3, -0.25) is 0 Å². The van der Waals surface area contributed by atoms with Crippen LogP contribution in [0, 0.1) is 5.82 Å². The van der Waals surface area contributed by atoms with Crippen molar-refractivity contribution in [2.45, 2.75) is 13.3 Å². The molecule has 6 nitrogen and oxygen atoms in total. The average Bonchev–Trinajstić information content (AvgIpc) is 2.90. The number of hydrogen-bond acceptors (Lipinski definition) is 5. The van der Waals surface area contributed by atoms with Gasteiger partial charge in [0.05, 0.1) is 12.5 Å². The first kappa shape index (κ1) is 15.2. The van der Waals surface area contributed by atoms with E-state index in [4.69, 9.17) is 9.47 Å². The Hall–Kier alpha value is -2.67. The third kappa shape index (κ3) is 3.09. The number of benzene rings is 1. The second-order valence-corrected chi connectivity index (χ2v) is 4.99. The molecule has 0 aliphatic rings. The Kier molecular flexibility index (Phi) is 4.38. The van der Waals surface area contributed by atoms with Gasteiger partial charge in [0.15, 0.2) is 5.82 Å². The molecule has 0 atom stereocenters. The Bertz CT molecular complexity index is 802. The molecule has 3 aromatic rings. The number of hydrogen-bond donors (Lipinski definition) is 1. The minimum Gasteiger partial charge on any atom is -0.497 e. The topological polar surface area (TPSA) is 61.2 Å². The van der Waals surface area contributed by atoms with Gasteiger partial charge in [0, 0.05) is 19.9 Å². The van der Waals surface area contributed by atoms with Crippen LogP contribution in [0.3, 0.4) is 0 Å². The lowest BCUT2D eigenvalue weighted by Gasteiger charge is -2.08. The molecular weight excluding hydrogens is 299 g/mol. The molecule has 2 heterocycles. The van der Waals surface area contributed by atoms with E-state index in [2.05, 4.69) is 15.3 Å². The predicted molar refractivity (Wildman–Crippen MR) is 84.8 cm³/mol. The zero-order valence-electron chi connectivity index (χ0n) is 12.9. The number of rotatable bonds is 6. The summed E-state index contributed by atoms with van der Waals surface area (Å²) in [5.41, 5.74) is 1.53. The first-order valence-corrected chi connectivity index (χ1v) is 7.08. The Balaban J connectivity index is 1.84. The van der Waals surface area contributed by atoms with Gasteiger partial charge in [0.1, 0.15) is 30.3 Å². The van der Waals surface area contributed by atoms with E-state index in [1.165, 1.54) is 12.5 Å². The van der Waals surface area contributed by atoms with Crippen molar-refractivity contribution in [2.75, 3.05) is 19.5 Å². The molecule has 0 fully saturated rings. The summed E-state index contributed by atoms with van der Waals surface area (Å²) in [7, 11) is 3.17. The predicted octanol–water partition coefficient (Wildman–Crippen LogP) is 2.80. The normalized spacial score (nSPS) is 10.9. The van der Waals surface area contributed by atoms with E-state index in [0.717, 1.165) is 11.3 Å². The molecule has 0 aliphatic heterocycles. The zero-order valence-corrected chi connectivity index (χ0v) is 12.9. The maximum absolute atomic E-state index is 14.2. The largest absolute Gasteiger partial charge is 0.497 e. The average molecular weight is 316 g/mol. The van der Waals surface area contributed by atoms with Gasteiger partial charge in [0.25, 0.3) is 0 Å². The van der Waals surface area contributed by atoms with Crippen LogP contribution in [0.2, 0.25) is 0 Å². The van der Waals surface area contributed by atoms with E-state index >= 15 is 0 Å². The van der Waals surface area contributed by atoms with Crippen molar-refractivity contribution >= 4 is 16.9 Å². The van der Waals surface area contributed by atoms with Crippen LogP contribution >= 0.6 is 0 Å². The standard InChI is InChI=1S/C16H17FN4O2/c1-22-10-21-8-13(17)14-15(19-9-20-16(14)21)18-7-11-3-5-12(23-2)6-4-11/h3-6,8-9H,7,10H2,1-2H3,(H,18,19,20). The van der Waals surface area contributed by atoms with E-state index < -0.39 is 0 Å². The highest BCUT2D eigenvalue weighted by atomic mass is 19.1. The summed E-state index contributed by atoms with van der Waals surface area (Å²) in [5.74, 6) is 0.869. The molecule has 0 saturated carbocycles. The van der Waals surface area contributed by atoms with Crippen molar-refractivity contribution in [2.24, 2.45) is 0 Å². The second kappa shape index (κ2) is 6.62. The summed E-state index contributed by atoms with van der Waals surface area (Å²) in [5, 5.41) is 3.51. The first-order valence-electron chi connectivity index (χ1n) is 7.08. The lowest BCUT2D eigenvalue weighted by Crippen LogP contribution is -2.04. The van der Waals surface area contributed by atoms with E-state index in [-0.39, 0.29) is 12.5 Å². The minimum atomic E-state index is -0.380. The molecule has 0 amide bonds.